The number of aryl methyl sites for hydroxylation is 1. The van der Waals surface area contributed by atoms with Crippen molar-refractivity contribution in [2.75, 3.05) is 13.2 Å². The van der Waals surface area contributed by atoms with E-state index in [1.807, 2.05) is 54.5 Å². The summed E-state index contributed by atoms with van der Waals surface area (Å²) in [7, 11) is 0. The molecule has 0 N–H and O–H groups in total. The van der Waals surface area contributed by atoms with Gasteiger partial charge in [0.2, 0.25) is 5.91 Å². The summed E-state index contributed by atoms with van der Waals surface area (Å²) < 4.78 is 5.62. The normalized spacial score (nSPS) is 10.5. The quantitative estimate of drug-likeness (QED) is 0.732. The number of amides is 1. The Bertz CT molecular complexity index is 581. The zero-order valence-corrected chi connectivity index (χ0v) is 14.1. The second kappa shape index (κ2) is 8.59. The van der Waals surface area contributed by atoms with E-state index in [0.717, 1.165) is 24.3 Å². The molecule has 0 radical (unpaired) electrons. The van der Waals surface area contributed by atoms with Gasteiger partial charge < -0.3 is 9.64 Å². The van der Waals surface area contributed by atoms with Crippen LogP contribution < -0.4 is 4.74 Å². The van der Waals surface area contributed by atoms with Crippen LogP contribution in [0.25, 0.3) is 0 Å². The Hall–Kier alpha value is -1.81. The Labute approximate surface area is 136 Å². The molecule has 0 aliphatic carbocycles. The van der Waals surface area contributed by atoms with Crippen molar-refractivity contribution < 1.29 is 9.53 Å². The molecule has 0 aliphatic rings. The van der Waals surface area contributed by atoms with Crippen molar-refractivity contribution in [3.63, 3.8) is 0 Å². The van der Waals surface area contributed by atoms with E-state index in [9.17, 15) is 4.79 Å². The standard InChI is InChI=1S/C18H23NO2S/c1-3-19(14-16-9-7-13-22-16)18(20)12-11-15-8-5-6-10-17(15)21-4-2/h5-10,13H,3-4,11-12,14H2,1-2H3. The molecule has 2 aromatic rings. The first kappa shape index (κ1) is 16.6. The maximum absolute atomic E-state index is 12.4. The van der Waals surface area contributed by atoms with Crippen molar-refractivity contribution in [2.24, 2.45) is 0 Å². The summed E-state index contributed by atoms with van der Waals surface area (Å²) in [6.07, 6.45) is 1.24. The predicted octanol–water partition coefficient (Wildman–Crippen LogP) is 4.13. The molecule has 1 aromatic carbocycles. The molecule has 4 heteroatoms. The number of benzene rings is 1. The van der Waals surface area contributed by atoms with Crippen molar-refractivity contribution in [1.29, 1.82) is 0 Å². The molecular formula is C18H23NO2S. The van der Waals surface area contributed by atoms with Gasteiger partial charge in [-0.3, -0.25) is 4.79 Å². The molecule has 3 nitrogen and oxygen atoms in total. The smallest absolute Gasteiger partial charge is 0.223 e. The van der Waals surface area contributed by atoms with Gasteiger partial charge in [0, 0.05) is 17.8 Å². The predicted molar refractivity (Wildman–Crippen MR) is 91.3 cm³/mol. The zero-order chi connectivity index (χ0) is 15.8. The van der Waals surface area contributed by atoms with Gasteiger partial charge in [-0.1, -0.05) is 24.3 Å². The lowest BCUT2D eigenvalue weighted by molar-refractivity contribution is -0.131. The molecule has 2 rings (SSSR count). The van der Waals surface area contributed by atoms with E-state index in [1.165, 1.54) is 4.88 Å². The van der Waals surface area contributed by atoms with Crippen LogP contribution in [0, 0.1) is 0 Å². The van der Waals surface area contributed by atoms with Gasteiger partial charge in [-0.05, 0) is 43.3 Å². The number of nitrogens with zero attached hydrogens (tertiary/aromatic N) is 1. The number of carbonyl (C=O) groups is 1. The highest BCUT2D eigenvalue weighted by atomic mass is 32.1. The van der Waals surface area contributed by atoms with Gasteiger partial charge in [-0.2, -0.15) is 0 Å². The number of carbonyl (C=O) groups excluding carboxylic acids is 1. The van der Waals surface area contributed by atoms with Gasteiger partial charge in [0.25, 0.3) is 0 Å². The Morgan fingerprint density at radius 1 is 1.18 bits per heavy atom. The monoisotopic (exact) mass is 317 g/mol. The molecule has 22 heavy (non-hydrogen) atoms. The largest absolute Gasteiger partial charge is 0.494 e. The van der Waals surface area contributed by atoms with Crippen LogP contribution in [-0.2, 0) is 17.8 Å². The molecule has 1 aromatic heterocycles. The van der Waals surface area contributed by atoms with E-state index in [1.54, 1.807) is 11.3 Å². The average Bonchev–Trinajstić information content (AvgIpc) is 3.05. The minimum absolute atomic E-state index is 0.196. The summed E-state index contributed by atoms with van der Waals surface area (Å²) in [5.41, 5.74) is 1.10. The lowest BCUT2D eigenvalue weighted by Crippen LogP contribution is -2.30. The van der Waals surface area contributed by atoms with E-state index in [4.69, 9.17) is 4.74 Å². The van der Waals surface area contributed by atoms with Crippen molar-refractivity contribution in [1.82, 2.24) is 4.90 Å². The Morgan fingerprint density at radius 3 is 2.68 bits per heavy atom. The highest BCUT2D eigenvalue weighted by Gasteiger charge is 2.13. The molecule has 0 spiro atoms. The van der Waals surface area contributed by atoms with Gasteiger partial charge in [0.05, 0.1) is 13.2 Å². The molecule has 0 bridgehead atoms. The first-order chi connectivity index (χ1) is 10.7. The summed E-state index contributed by atoms with van der Waals surface area (Å²) in [5.74, 6) is 1.08. The maximum Gasteiger partial charge on any atom is 0.223 e. The van der Waals surface area contributed by atoms with Gasteiger partial charge in [0.1, 0.15) is 5.75 Å². The maximum atomic E-state index is 12.4. The molecule has 1 heterocycles. The van der Waals surface area contributed by atoms with Crippen LogP contribution >= 0.6 is 11.3 Å². The Morgan fingerprint density at radius 2 is 2.00 bits per heavy atom. The highest BCUT2D eigenvalue weighted by molar-refractivity contribution is 7.09. The van der Waals surface area contributed by atoms with Gasteiger partial charge in [-0.25, -0.2) is 0 Å². The van der Waals surface area contributed by atoms with Crippen molar-refractivity contribution in [2.45, 2.75) is 33.2 Å². The van der Waals surface area contributed by atoms with Gasteiger partial charge in [0.15, 0.2) is 0 Å². The van der Waals surface area contributed by atoms with Crippen LogP contribution in [0.1, 0.15) is 30.7 Å². The number of ether oxygens (including phenoxy) is 1. The van der Waals surface area contributed by atoms with E-state index in [2.05, 4.69) is 6.07 Å². The highest BCUT2D eigenvalue weighted by Crippen LogP contribution is 2.20. The van der Waals surface area contributed by atoms with Crippen LogP contribution in [0.5, 0.6) is 5.75 Å². The first-order valence-corrected chi connectivity index (χ1v) is 8.63. The van der Waals surface area contributed by atoms with Crippen molar-refractivity contribution in [3.05, 3.63) is 52.2 Å². The van der Waals surface area contributed by atoms with Crippen molar-refractivity contribution >= 4 is 17.2 Å². The third-order valence-electron chi connectivity index (χ3n) is 3.54. The summed E-state index contributed by atoms with van der Waals surface area (Å²) in [6, 6.07) is 12.1. The topological polar surface area (TPSA) is 29.5 Å². The molecule has 0 aliphatic heterocycles. The molecule has 0 unspecified atom stereocenters. The molecule has 0 saturated carbocycles. The summed E-state index contributed by atoms with van der Waals surface area (Å²) in [5, 5.41) is 2.05. The Kier molecular flexibility index (Phi) is 6.46. The van der Waals surface area contributed by atoms with Gasteiger partial charge in [-0.15, -0.1) is 11.3 Å². The minimum Gasteiger partial charge on any atom is -0.494 e. The van der Waals surface area contributed by atoms with Crippen LogP contribution in [-0.4, -0.2) is 24.0 Å². The number of hydrogen-bond acceptors (Lipinski definition) is 3. The fourth-order valence-electron chi connectivity index (χ4n) is 2.37. The number of hydrogen-bond donors (Lipinski definition) is 0. The van der Waals surface area contributed by atoms with E-state index >= 15 is 0 Å². The second-order valence-corrected chi connectivity index (χ2v) is 6.06. The zero-order valence-electron chi connectivity index (χ0n) is 13.2. The second-order valence-electron chi connectivity index (χ2n) is 5.03. The fraction of sp³-hybridized carbons (Fsp3) is 0.389. The van der Waals surface area contributed by atoms with Crippen LogP contribution in [0.3, 0.4) is 0 Å². The molecule has 0 fully saturated rings. The van der Waals surface area contributed by atoms with Crippen LogP contribution in [0.15, 0.2) is 41.8 Å². The van der Waals surface area contributed by atoms with Crippen LogP contribution in [0.2, 0.25) is 0 Å². The SMILES string of the molecule is CCOc1ccccc1CCC(=O)N(CC)Cc1cccs1. The molecule has 0 atom stereocenters. The fourth-order valence-corrected chi connectivity index (χ4v) is 3.09. The molecule has 1 amide bonds. The summed E-state index contributed by atoms with van der Waals surface area (Å²) in [4.78, 5) is 15.6. The van der Waals surface area contributed by atoms with E-state index in [-0.39, 0.29) is 5.91 Å². The molecule has 118 valence electrons. The minimum atomic E-state index is 0.196. The first-order valence-electron chi connectivity index (χ1n) is 7.75. The molecule has 0 saturated heterocycles. The van der Waals surface area contributed by atoms with Gasteiger partial charge >= 0.3 is 0 Å². The van der Waals surface area contributed by atoms with E-state index < -0.39 is 0 Å². The van der Waals surface area contributed by atoms with Crippen molar-refractivity contribution in [3.8, 4) is 5.75 Å². The van der Waals surface area contributed by atoms with E-state index in [0.29, 0.717) is 19.6 Å². The molecular weight excluding hydrogens is 294 g/mol. The average molecular weight is 317 g/mol. The summed E-state index contributed by atoms with van der Waals surface area (Å²) >= 11 is 1.69. The summed E-state index contributed by atoms with van der Waals surface area (Å²) in [6.45, 7) is 6.09. The number of thiophene rings is 1. The number of para-hydroxylation sites is 1. The third-order valence-corrected chi connectivity index (χ3v) is 4.40. The lowest BCUT2D eigenvalue weighted by Gasteiger charge is -2.20. The Balaban J connectivity index is 1.93. The van der Waals surface area contributed by atoms with Crippen LogP contribution in [0.4, 0.5) is 0 Å². The number of rotatable bonds is 8. The third kappa shape index (κ3) is 4.60. The lowest BCUT2D eigenvalue weighted by atomic mass is 10.1.